The van der Waals surface area contributed by atoms with E-state index in [0.29, 0.717) is 0 Å². The van der Waals surface area contributed by atoms with Crippen molar-refractivity contribution in [1.82, 2.24) is 24.8 Å². The summed E-state index contributed by atoms with van der Waals surface area (Å²) in [6.45, 7) is 4.30. The molecule has 3 heterocycles. The molecule has 0 amide bonds. The number of aromatic nitrogens is 4. The van der Waals surface area contributed by atoms with Crippen LogP contribution in [0.3, 0.4) is 0 Å². The zero-order chi connectivity index (χ0) is 23.4. The van der Waals surface area contributed by atoms with Crippen LogP contribution in [-0.2, 0) is 0 Å². The molecule has 0 atom stereocenters. The van der Waals surface area contributed by atoms with Crippen LogP contribution in [-0.4, -0.2) is 58.1 Å². The molecule has 0 aliphatic carbocycles. The second kappa shape index (κ2) is 9.21. The quantitative estimate of drug-likeness (QED) is 0.166. The molecule has 34 heavy (non-hydrogen) atoms. The van der Waals surface area contributed by atoms with E-state index in [2.05, 4.69) is 143 Å². The van der Waals surface area contributed by atoms with Crippen molar-refractivity contribution in [1.29, 1.82) is 0 Å². The molecule has 1 aliphatic rings. The summed E-state index contributed by atoms with van der Waals surface area (Å²) >= 11 is 7.16. The monoisotopic (exact) mass is 786 g/mol. The zero-order valence-electron chi connectivity index (χ0n) is 18.4. The standard InChI is InChI=1S/C25H21I3N6/c1-33-6-8-34(9-7-33)16-3-5-20-22(13-16)32-24(29-20)14-2-4-19-21(12-14)31-25(30-19)15-10-17(26)23(28)18(27)11-15/h2-5,10-13H,6-9H2,1H3,(H,29,32)(H,30,31). The number of fused-ring (bicyclic) bond motifs is 2. The molecule has 0 unspecified atom stereocenters. The van der Waals surface area contributed by atoms with E-state index in [1.54, 1.807) is 0 Å². The molecule has 172 valence electrons. The summed E-state index contributed by atoms with van der Waals surface area (Å²) in [6, 6.07) is 17.2. The van der Waals surface area contributed by atoms with E-state index in [9.17, 15) is 0 Å². The minimum absolute atomic E-state index is 0.877. The van der Waals surface area contributed by atoms with Crippen molar-refractivity contribution >= 4 is 95.5 Å². The summed E-state index contributed by atoms with van der Waals surface area (Å²) in [5, 5.41) is 0. The number of hydrogen-bond acceptors (Lipinski definition) is 4. The number of likely N-dealkylation sites (N-methyl/N-ethyl adjacent to an activating group) is 1. The first-order valence-electron chi connectivity index (χ1n) is 11.0. The van der Waals surface area contributed by atoms with E-state index in [1.807, 2.05) is 0 Å². The van der Waals surface area contributed by atoms with Crippen molar-refractivity contribution < 1.29 is 0 Å². The molecule has 2 N–H and O–H groups in total. The van der Waals surface area contributed by atoms with Gasteiger partial charge in [-0.05, 0) is 123 Å². The molecule has 0 bridgehead atoms. The molecule has 6 rings (SSSR count). The Hall–Kier alpha value is -1.45. The van der Waals surface area contributed by atoms with Crippen molar-refractivity contribution in [3.8, 4) is 22.8 Å². The number of hydrogen-bond donors (Lipinski definition) is 2. The van der Waals surface area contributed by atoms with Crippen molar-refractivity contribution in [2.45, 2.75) is 0 Å². The number of anilines is 1. The average Bonchev–Trinajstić information content (AvgIpc) is 3.46. The highest BCUT2D eigenvalue weighted by atomic mass is 127. The van der Waals surface area contributed by atoms with E-state index in [4.69, 9.17) is 9.97 Å². The summed E-state index contributed by atoms with van der Waals surface area (Å²) < 4.78 is 3.75. The Labute approximate surface area is 238 Å². The van der Waals surface area contributed by atoms with Gasteiger partial charge in [-0.2, -0.15) is 0 Å². The van der Waals surface area contributed by atoms with E-state index >= 15 is 0 Å². The topological polar surface area (TPSA) is 63.8 Å². The molecule has 9 heteroatoms. The molecule has 5 aromatic rings. The van der Waals surface area contributed by atoms with E-state index in [0.717, 1.165) is 71.0 Å². The minimum atomic E-state index is 0.877. The summed E-state index contributed by atoms with van der Waals surface area (Å²) in [6.07, 6.45) is 0. The van der Waals surface area contributed by atoms with Crippen molar-refractivity contribution in [2.24, 2.45) is 0 Å². The fraction of sp³-hybridized carbons (Fsp3) is 0.200. The molecular formula is C25H21I3N6. The maximum atomic E-state index is 4.87. The van der Waals surface area contributed by atoms with Gasteiger partial charge in [-0.3, -0.25) is 0 Å². The minimum Gasteiger partial charge on any atom is -0.369 e. The lowest BCUT2D eigenvalue weighted by atomic mass is 10.2. The van der Waals surface area contributed by atoms with Crippen LogP contribution in [0.4, 0.5) is 5.69 Å². The van der Waals surface area contributed by atoms with Gasteiger partial charge < -0.3 is 19.8 Å². The van der Waals surface area contributed by atoms with E-state index < -0.39 is 0 Å². The maximum Gasteiger partial charge on any atom is 0.138 e. The van der Waals surface area contributed by atoms with Gasteiger partial charge in [0, 0.05) is 53.7 Å². The molecule has 3 aromatic carbocycles. The molecule has 6 nitrogen and oxygen atoms in total. The number of benzene rings is 3. The van der Waals surface area contributed by atoms with E-state index in [-0.39, 0.29) is 0 Å². The number of nitrogens with one attached hydrogen (secondary N) is 2. The molecule has 1 fully saturated rings. The second-order valence-electron chi connectivity index (χ2n) is 8.65. The van der Waals surface area contributed by atoms with E-state index in [1.165, 1.54) is 16.4 Å². The molecular weight excluding hydrogens is 765 g/mol. The van der Waals surface area contributed by atoms with Crippen LogP contribution >= 0.6 is 67.8 Å². The SMILES string of the molecule is CN1CCN(c2ccc3nc(-c4ccc5nc(-c6cc(I)c(I)c(I)c6)[nH]c5c4)[nH]c3c2)CC1. The third-order valence-electron chi connectivity index (χ3n) is 6.35. The van der Waals surface area contributed by atoms with Gasteiger partial charge >= 0.3 is 0 Å². The van der Waals surface area contributed by atoms with Gasteiger partial charge in [-0.15, -0.1) is 0 Å². The Morgan fingerprint density at radius 2 is 1.29 bits per heavy atom. The highest BCUT2D eigenvalue weighted by molar-refractivity contribution is 14.1. The number of halogens is 3. The highest BCUT2D eigenvalue weighted by Gasteiger charge is 2.16. The van der Waals surface area contributed by atoms with Crippen LogP contribution in [0, 0.1) is 10.7 Å². The Bertz CT molecular complexity index is 1510. The summed E-state index contributed by atoms with van der Waals surface area (Å²) in [4.78, 5) is 21.6. The molecule has 0 radical (unpaired) electrons. The summed E-state index contributed by atoms with van der Waals surface area (Å²) in [7, 11) is 2.18. The van der Waals surface area contributed by atoms with Crippen molar-refractivity contribution in [3.63, 3.8) is 0 Å². The Morgan fingerprint density at radius 3 is 1.97 bits per heavy atom. The Kier molecular flexibility index (Phi) is 6.22. The van der Waals surface area contributed by atoms with Gasteiger partial charge in [0.15, 0.2) is 0 Å². The first-order valence-corrected chi connectivity index (χ1v) is 14.3. The number of H-pyrrole nitrogens is 2. The van der Waals surface area contributed by atoms with Crippen LogP contribution in [0.1, 0.15) is 0 Å². The van der Waals surface area contributed by atoms with Gasteiger partial charge in [0.1, 0.15) is 11.6 Å². The molecule has 2 aromatic heterocycles. The Balaban J connectivity index is 1.33. The van der Waals surface area contributed by atoms with Gasteiger partial charge in [0.2, 0.25) is 0 Å². The van der Waals surface area contributed by atoms with Gasteiger partial charge in [-0.1, -0.05) is 0 Å². The van der Waals surface area contributed by atoms with Crippen molar-refractivity contribution in [2.75, 3.05) is 38.1 Å². The maximum absolute atomic E-state index is 4.87. The third kappa shape index (κ3) is 4.32. The zero-order valence-corrected chi connectivity index (χ0v) is 24.8. The van der Waals surface area contributed by atoms with Crippen LogP contribution < -0.4 is 4.90 Å². The predicted octanol–water partition coefficient (Wildman–Crippen LogP) is 6.34. The summed E-state index contributed by atoms with van der Waals surface area (Å²) in [5.74, 6) is 1.77. The largest absolute Gasteiger partial charge is 0.369 e. The number of piperazine rings is 1. The second-order valence-corrected chi connectivity index (χ2v) is 12.1. The van der Waals surface area contributed by atoms with Crippen molar-refractivity contribution in [3.05, 3.63) is 59.2 Å². The highest BCUT2D eigenvalue weighted by Crippen LogP contribution is 2.31. The molecule has 0 saturated carbocycles. The third-order valence-corrected chi connectivity index (χ3v) is 11.3. The predicted molar refractivity (Wildman–Crippen MR) is 164 cm³/mol. The first kappa shape index (κ1) is 23.0. The summed E-state index contributed by atoms with van der Waals surface area (Å²) in [5.41, 5.74) is 7.43. The molecule has 1 saturated heterocycles. The number of imidazole rings is 2. The lowest BCUT2D eigenvalue weighted by Gasteiger charge is -2.34. The first-order chi connectivity index (χ1) is 16.4. The fourth-order valence-electron chi connectivity index (χ4n) is 4.38. The number of aromatic amines is 2. The van der Waals surface area contributed by atoms with Gasteiger partial charge in [-0.25, -0.2) is 9.97 Å². The smallest absolute Gasteiger partial charge is 0.138 e. The van der Waals surface area contributed by atoms with Crippen LogP contribution in [0.5, 0.6) is 0 Å². The number of nitrogens with zero attached hydrogens (tertiary/aromatic N) is 4. The lowest BCUT2D eigenvalue weighted by molar-refractivity contribution is 0.313. The van der Waals surface area contributed by atoms with Gasteiger partial charge in [0.05, 0.1) is 22.1 Å². The van der Waals surface area contributed by atoms with Gasteiger partial charge in [0.25, 0.3) is 0 Å². The average molecular weight is 786 g/mol. The fourth-order valence-corrected chi connectivity index (χ4v) is 6.46. The van der Waals surface area contributed by atoms with Crippen LogP contribution in [0.2, 0.25) is 0 Å². The number of rotatable bonds is 3. The van der Waals surface area contributed by atoms with Crippen LogP contribution in [0.15, 0.2) is 48.5 Å². The molecule has 1 aliphatic heterocycles. The van der Waals surface area contributed by atoms with Crippen LogP contribution in [0.25, 0.3) is 44.8 Å². The molecule has 0 spiro atoms. The normalized spacial score (nSPS) is 15.0. The lowest BCUT2D eigenvalue weighted by Crippen LogP contribution is -2.44. The Morgan fingerprint density at radius 1 is 0.706 bits per heavy atom.